The largest absolute Gasteiger partial charge is 0.493 e. The Bertz CT molecular complexity index is 416. The fourth-order valence-corrected chi connectivity index (χ4v) is 2.52. The standard InChI is InChI=1S/C14H19NO3/c15-14(13-9-16-6-7-18-13)11-3-4-12-10(8-11)2-1-5-17-12/h3-4,8,13-14H,1-2,5-7,9,15H2. The average Bonchev–Trinajstić information content (AvgIpc) is 2.47. The maximum Gasteiger partial charge on any atom is 0.122 e. The molecule has 2 heterocycles. The lowest BCUT2D eigenvalue weighted by molar-refractivity contribution is -0.0975. The van der Waals surface area contributed by atoms with E-state index in [4.69, 9.17) is 19.9 Å². The van der Waals surface area contributed by atoms with Crippen LogP contribution in [0.3, 0.4) is 0 Å². The first-order chi connectivity index (χ1) is 8.84. The Balaban J connectivity index is 1.78. The van der Waals surface area contributed by atoms with Crippen LogP contribution >= 0.6 is 0 Å². The lowest BCUT2D eigenvalue weighted by Crippen LogP contribution is -2.37. The second-order valence-corrected chi connectivity index (χ2v) is 4.83. The SMILES string of the molecule is NC(c1ccc2c(c1)CCCO2)C1COCCO1. The van der Waals surface area contributed by atoms with Gasteiger partial charge in [-0.2, -0.15) is 0 Å². The van der Waals surface area contributed by atoms with E-state index < -0.39 is 0 Å². The molecule has 2 unspecified atom stereocenters. The van der Waals surface area contributed by atoms with E-state index in [-0.39, 0.29) is 12.1 Å². The van der Waals surface area contributed by atoms with Crippen LogP contribution in [0.1, 0.15) is 23.6 Å². The maximum atomic E-state index is 6.26. The smallest absolute Gasteiger partial charge is 0.122 e. The topological polar surface area (TPSA) is 53.7 Å². The molecule has 0 radical (unpaired) electrons. The predicted molar refractivity (Wildman–Crippen MR) is 67.7 cm³/mol. The molecule has 0 aliphatic carbocycles. The van der Waals surface area contributed by atoms with Crippen LogP contribution in [0.5, 0.6) is 5.75 Å². The molecular weight excluding hydrogens is 230 g/mol. The number of aryl methyl sites for hydroxylation is 1. The molecule has 0 saturated carbocycles. The van der Waals surface area contributed by atoms with E-state index >= 15 is 0 Å². The quantitative estimate of drug-likeness (QED) is 0.861. The first kappa shape index (κ1) is 12.0. The van der Waals surface area contributed by atoms with Gasteiger partial charge in [0.2, 0.25) is 0 Å². The van der Waals surface area contributed by atoms with Crippen molar-refractivity contribution >= 4 is 0 Å². The highest BCUT2D eigenvalue weighted by atomic mass is 16.6. The molecule has 1 aromatic carbocycles. The van der Waals surface area contributed by atoms with Crippen LogP contribution in [0.4, 0.5) is 0 Å². The van der Waals surface area contributed by atoms with E-state index in [9.17, 15) is 0 Å². The zero-order chi connectivity index (χ0) is 12.4. The van der Waals surface area contributed by atoms with E-state index in [0.717, 1.165) is 30.8 Å². The third-order valence-corrected chi connectivity index (χ3v) is 3.56. The van der Waals surface area contributed by atoms with Crippen molar-refractivity contribution in [2.45, 2.75) is 25.0 Å². The zero-order valence-corrected chi connectivity index (χ0v) is 10.4. The van der Waals surface area contributed by atoms with Crippen LogP contribution in [0.2, 0.25) is 0 Å². The molecule has 18 heavy (non-hydrogen) atoms. The molecule has 1 saturated heterocycles. The van der Waals surface area contributed by atoms with Gasteiger partial charge in [-0.3, -0.25) is 0 Å². The number of hydrogen-bond donors (Lipinski definition) is 1. The molecule has 0 amide bonds. The summed E-state index contributed by atoms with van der Waals surface area (Å²) in [5.41, 5.74) is 8.62. The Morgan fingerprint density at radius 3 is 3.00 bits per heavy atom. The van der Waals surface area contributed by atoms with Crippen LogP contribution in [0.15, 0.2) is 18.2 Å². The average molecular weight is 249 g/mol. The van der Waals surface area contributed by atoms with Crippen molar-refractivity contribution in [1.29, 1.82) is 0 Å². The van der Waals surface area contributed by atoms with E-state index in [1.807, 2.05) is 12.1 Å². The number of hydrogen-bond acceptors (Lipinski definition) is 4. The number of benzene rings is 1. The summed E-state index contributed by atoms with van der Waals surface area (Å²) in [6.07, 6.45) is 2.11. The molecule has 2 atom stereocenters. The van der Waals surface area contributed by atoms with E-state index in [0.29, 0.717) is 19.8 Å². The summed E-state index contributed by atoms with van der Waals surface area (Å²) >= 11 is 0. The van der Waals surface area contributed by atoms with E-state index in [2.05, 4.69) is 6.07 Å². The molecule has 0 spiro atoms. The highest BCUT2D eigenvalue weighted by molar-refractivity contribution is 5.39. The molecular formula is C14H19NO3. The Kier molecular flexibility index (Phi) is 3.50. The Morgan fingerprint density at radius 2 is 2.17 bits per heavy atom. The summed E-state index contributed by atoms with van der Waals surface area (Å²) in [7, 11) is 0. The van der Waals surface area contributed by atoms with Gasteiger partial charge in [-0.1, -0.05) is 12.1 Å². The molecule has 1 aromatic rings. The highest BCUT2D eigenvalue weighted by Gasteiger charge is 2.24. The predicted octanol–water partition coefficient (Wildman–Crippen LogP) is 1.43. The molecule has 2 aliphatic rings. The minimum Gasteiger partial charge on any atom is -0.493 e. The number of nitrogens with two attached hydrogens (primary N) is 1. The summed E-state index contributed by atoms with van der Waals surface area (Å²) in [6.45, 7) is 2.69. The normalized spacial score (nSPS) is 25.1. The molecule has 98 valence electrons. The van der Waals surface area contributed by atoms with Gasteiger partial charge in [0, 0.05) is 0 Å². The first-order valence-electron chi connectivity index (χ1n) is 6.55. The van der Waals surface area contributed by atoms with Crippen molar-refractivity contribution in [2.75, 3.05) is 26.4 Å². The second kappa shape index (κ2) is 5.26. The number of fused-ring (bicyclic) bond motifs is 1. The summed E-state index contributed by atoms with van der Waals surface area (Å²) in [5.74, 6) is 0.998. The van der Waals surface area contributed by atoms with Gasteiger partial charge < -0.3 is 19.9 Å². The van der Waals surface area contributed by atoms with Crippen LogP contribution in [-0.4, -0.2) is 32.5 Å². The van der Waals surface area contributed by atoms with Crippen molar-refractivity contribution in [3.05, 3.63) is 29.3 Å². The Morgan fingerprint density at radius 1 is 1.22 bits per heavy atom. The van der Waals surface area contributed by atoms with E-state index in [1.54, 1.807) is 0 Å². The van der Waals surface area contributed by atoms with Gasteiger partial charge in [-0.15, -0.1) is 0 Å². The minimum atomic E-state index is -0.127. The van der Waals surface area contributed by atoms with E-state index in [1.165, 1.54) is 5.56 Å². The third-order valence-electron chi connectivity index (χ3n) is 3.56. The molecule has 2 N–H and O–H groups in total. The monoisotopic (exact) mass is 249 g/mol. The third kappa shape index (κ3) is 2.36. The fraction of sp³-hybridized carbons (Fsp3) is 0.571. The number of ether oxygens (including phenoxy) is 3. The van der Waals surface area contributed by atoms with Gasteiger partial charge in [0.1, 0.15) is 11.9 Å². The van der Waals surface area contributed by atoms with Gasteiger partial charge in [-0.25, -0.2) is 0 Å². The Hall–Kier alpha value is -1.10. The first-order valence-corrected chi connectivity index (χ1v) is 6.55. The summed E-state index contributed by atoms with van der Waals surface area (Å²) in [6, 6.07) is 6.08. The van der Waals surface area contributed by atoms with Crippen molar-refractivity contribution in [3.63, 3.8) is 0 Å². The van der Waals surface area contributed by atoms with Crippen LogP contribution in [0, 0.1) is 0 Å². The molecule has 4 heteroatoms. The minimum absolute atomic E-state index is 0.0405. The van der Waals surface area contributed by atoms with Crippen molar-refractivity contribution in [2.24, 2.45) is 5.73 Å². The fourth-order valence-electron chi connectivity index (χ4n) is 2.52. The van der Waals surface area contributed by atoms with Crippen LogP contribution < -0.4 is 10.5 Å². The Labute approximate surface area is 107 Å². The van der Waals surface area contributed by atoms with Crippen LogP contribution in [0.25, 0.3) is 0 Å². The van der Waals surface area contributed by atoms with Gasteiger partial charge in [0.15, 0.2) is 0 Å². The highest BCUT2D eigenvalue weighted by Crippen LogP contribution is 2.29. The summed E-state index contributed by atoms with van der Waals surface area (Å²) < 4.78 is 16.7. The molecule has 2 aliphatic heterocycles. The second-order valence-electron chi connectivity index (χ2n) is 4.83. The molecule has 0 bridgehead atoms. The molecule has 0 aromatic heterocycles. The van der Waals surface area contributed by atoms with Gasteiger partial charge in [0.25, 0.3) is 0 Å². The van der Waals surface area contributed by atoms with Crippen molar-refractivity contribution in [3.8, 4) is 5.75 Å². The number of rotatable bonds is 2. The van der Waals surface area contributed by atoms with Crippen LogP contribution in [-0.2, 0) is 15.9 Å². The molecule has 3 rings (SSSR count). The van der Waals surface area contributed by atoms with Gasteiger partial charge >= 0.3 is 0 Å². The van der Waals surface area contributed by atoms with Crippen molar-refractivity contribution in [1.82, 2.24) is 0 Å². The maximum absolute atomic E-state index is 6.26. The van der Waals surface area contributed by atoms with Gasteiger partial charge in [-0.05, 0) is 30.0 Å². The summed E-state index contributed by atoms with van der Waals surface area (Å²) in [5, 5.41) is 0. The molecule has 1 fully saturated rings. The lowest BCUT2D eigenvalue weighted by Gasteiger charge is -2.29. The lowest BCUT2D eigenvalue weighted by atomic mass is 9.97. The van der Waals surface area contributed by atoms with Crippen molar-refractivity contribution < 1.29 is 14.2 Å². The van der Waals surface area contributed by atoms with Gasteiger partial charge in [0.05, 0.1) is 32.5 Å². The zero-order valence-electron chi connectivity index (χ0n) is 10.4. The summed E-state index contributed by atoms with van der Waals surface area (Å²) in [4.78, 5) is 0. The molecule has 4 nitrogen and oxygen atoms in total.